The third-order valence-corrected chi connectivity index (χ3v) is 5.37. The molecule has 4 rings (SSSR count). The van der Waals surface area contributed by atoms with E-state index in [0.29, 0.717) is 12.1 Å². The van der Waals surface area contributed by atoms with Crippen LogP contribution in [0.25, 0.3) is 0 Å². The Bertz CT molecular complexity index is 849. The van der Waals surface area contributed by atoms with Crippen LogP contribution < -0.4 is 9.64 Å². The Morgan fingerprint density at radius 2 is 1.78 bits per heavy atom. The summed E-state index contributed by atoms with van der Waals surface area (Å²) in [6.45, 7) is 0.362. The number of hydrogen-bond acceptors (Lipinski definition) is 3. The average molecular weight is 373 g/mol. The molecule has 0 saturated carbocycles. The van der Waals surface area contributed by atoms with Crippen molar-refractivity contribution in [3.05, 3.63) is 59.7 Å². The molecule has 0 saturated heterocycles. The fraction of sp³-hybridized carbons (Fsp3) is 0.381. The number of alkyl halides is 2. The number of benzene rings is 2. The van der Waals surface area contributed by atoms with Crippen LogP contribution in [0.3, 0.4) is 0 Å². The normalized spacial score (nSPS) is 22.3. The molecule has 1 N–H and O–H groups in total. The summed E-state index contributed by atoms with van der Waals surface area (Å²) in [7, 11) is 0. The second kappa shape index (κ2) is 6.93. The van der Waals surface area contributed by atoms with E-state index in [1.165, 1.54) is 17.7 Å². The van der Waals surface area contributed by atoms with Crippen molar-refractivity contribution in [1.82, 2.24) is 0 Å². The lowest BCUT2D eigenvalue weighted by Gasteiger charge is -2.24. The predicted molar refractivity (Wildman–Crippen MR) is 99.5 cm³/mol. The van der Waals surface area contributed by atoms with Crippen LogP contribution in [0.5, 0.6) is 5.75 Å². The molecule has 1 atom stereocenters. The quantitative estimate of drug-likeness (QED) is 0.827. The van der Waals surface area contributed by atoms with Crippen molar-refractivity contribution in [2.24, 2.45) is 0 Å². The molecular weight excluding hydrogens is 350 g/mol. The molecule has 0 aromatic heterocycles. The molecule has 0 fully saturated rings. The zero-order valence-electron chi connectivity index (χ0n) is 15.2. The van der Waals surface area contributed by atoms with Gasteiger partial charge in [-0.05, 0) is 56.2 Å². The Morgan fingerprint density at radius 1 is 1.07 bits per heavy atom. The first-order chi connectivity index (χ1) is 13.0. The molecule has 6 heteroatoms. The number of anilines is 1. The van der Waals surface area contributed by atoms with Crippen molar-refractivity contribution in [3.63, 3.8) is 0 Å². The van der Waals surface area contributed by atoms with Gasteiger partial charge in [0.1, 0.15) is 11.4 Å². The number of β-amino-alcohol motifs (C(OH)–C–C–N with tert-alkyl or cyclic N) is 1. The molecule has 27 heavy (non-hydrogen) atoms. The molecular formula is C21H23F2N2O2+. The monoisotopic (exact) mass is 373 g/mol. The predicted octanol–water partition coefficient (Wildman–Crippen LogP) is 3.86. The van der Waals surface area contributed by atoms with Crippen LogP contribution in [0.2, 0.25) is 0 Å². The maximum Gasteiger partial charge on any atom is 0.387 e. The first kappa shape index (κ1) is 17.9. The SMILES string of the molecule is Cc1ccc(N2C[C@](O)(c3ccc(OC(F)F)cc3)[N+]3=C2CCCC3)cc1. The molecule has 0 radical (unpaired) electrons. The second-order valence-corrected chi connectivity index (χ2v) is 7.17. The summed E-state index contributed by atoms with van der Waals surface area (Å²) in [5.41, 5.74) is 1.73. The Morgan fingerprint density at radius 3 is 2.44 bits per heavy atom. The highest BCUT2D eigenvalue weighted by molar-refractivity contribution is 5.96. The first-order valence-electron chi connectivity index (χ1n) is 9.23. The number of amidine groups is 1. The first-order valence-corrected chi connectivity index (χ1v) is 9.23. The molecule has 0 unspecified atom stereocenters. The Kier molecular flexibility index (Phi) is 4.60. The van der Waals surface area contributed by atoms with Crippen molar-refractivity contribution in [3.8, 4) is 5.75 Å². The summed E-state index contributed by atoms with van der Waals surface area (Å²) in [6.07, 6.45) is 3.01. The Balaban J connectivity index is 1.69. The molecule has 0 spiro atoms. The van der Waals surface area contributed by atoms with Crippen molar-refractivity contribution in [2.45, 2.75) is 38.5 Å². The lowest BCUT2D eigenvalue weighted by Crippen LogP contribution is -2.41. The average Bonchev–Trinajstić information content (AvgIpc) is 2.97. The maximum atomic E-state index is 12.4. The minimum absolute atomic E-state index is 0.0913. The standard InChI is InChI=1S/C21H23F2N2O2/c1-15-5-9-17(10-6-15)24-14-21(26,25-13-3-2-4-19(24)25)16-7-11-18(12-8-16)27-20(22)23/h5-12,20,26H,2-4,13-14H2,1H3/q+1/t21-/m0/s1. The number of hydrogen-bond donors (Lipinski definition) is 1. The highest BCUT2D eigenvalue weighted by Gasteiger charge is 2.52. The van der Waals surface area contributed by atoms with Gasteiger partial charge in [0.15, 0.2) is 6.54 Å². The van der Waals surface area contributed by atoms with Gasteiger partial charge in [0.2, 0.25) is 0 Å². The van der Waals surface area contributed by atoms with Crippen molar-refractivity contribution in [2.75, 3.05) is 18.0 Å². The highest BCUT2D eigenvalue weighted by atomic mass is 19.3. The number of halogens is 2. The van der Waals surface area contributed by atoms with E-state index in [0.717, 1.165) is 37.3 Å². The number of aliphatic hydroxyl groups is 1. The van der Waals surface area contributed by atoms with E-state index in [1.807, 2.05) is 6.92 Å². The zero-order valence-corrected chi connectivity index (χ0v) is 15.2. The van der Waals surface area contributed by atoms with Gasteiger partial charge in [-0.3, -0.25) is 0 Å². The molecule has 2 aromatic carbocycles. The van der Waals surface area contributed by atoms with Gasteiger partial charge in [-0.2, -0.15) is 8.78 Å². The van der Waals surface area contributed by atoms with Gasteiger partial charge in [-0.1, -0.05) is 17.7 Å². The maximum absolute atomic E-state index is 12.4. The van der Waals surface area contributed by atoms with Crippen molar-refractivity contribution < 1.29 is 23.2 Å². The molecule has 0 bridgehead atoms. The fourth-order valence-corrected chi connectivity index (χ4v) is 4.01. The van der Waals surface area contributed by atoms with E-state index < -0.39 is 12.3 Å². The van der Waals surface area contributed by atoms with Crippen LogP contribution in [-0.4, -0.2) is 35.2 Å². The molecule has 2 aromatic rings. The van der Waals surface area contributed by atoms with Gasteiger partial charge in [0.05, 0.1) is 6.54 Å². The Hall–Kier alpha value is -2.47. The number of ether oxygens (including phenoxy) is 1. The summed E-state index contributed by atoms with van der Waals surface area (Å²) >= 11 is 0. The molecule has 2 heterocycles. The van der Waals surface area contributed by atoms with Gasteiger partial charge in [0, 0.05) is 12.0 Å². The van der Waals surface area contributed by atoms with E-state index in [4.69, 9.17) is 0 Å². The van der Waals surface area contributed by atoms with Crippen LogP contribution in [0.1, 0.15) is 30.4 Å². The fourth-order valence-electron chi connectivity index (χ4n) is 4.01. The van der Waals surface area contributed by atoms with E-state index in [1.54, 1.807) is 12.1 Å². The van der Waals surface area contributed by atoms with E-state index >= 15 is 0 Å². The van der Waals surface area contributed by atoms with Crippen LogP contribution in [0.4, 0.5) is 14.5 Å². The van der Waals surface area contributed by atoms with Crippen LogP contribution in [0, 0.1) is 6.92 Å². The van der Waals surface area contributed by atoms with Crippen LogP contribution in [-0.2, 0) is 5.72 Å². The number of rotatable bonds is 4. The topological polar surface area (TPSA) is 35.7 Å². The van der Waals surface area contributed by atoms with Gasteiger partial charge in [0.25, 0.3) is 11.6 Å². The molecule has 4 nitrogen and oxygen atoms in total. The second-order valence-electron chi connectivity index (χ2n) is 7.17. The summed E-state index contributed by atoms with van der Waals surface area (Å²) < 4.78 is 31.3. The summed E-state index contributed by atoms with van der Waals surface area (Å²) in [5, 5.41) is 11.6. The van der Waals surface area contributed by atoms with Crippen molar-refractivity contribution >= 4 is 11.5 Å². The van der Waals surface area contributed by atoms with E-state index in [2.05, 4.69) is 38.5 Å². The smallest absolute Gasteiger partial charge is 0.387 e. The lowest BCUT2D eigenvalue weighted by molar-refractivity contribution is -0.661. The highest BCUT2D eigenvalue weighted by Crippen LogP contribution is 2.36. The molecule has 142 valence electrons. The zero-order chi connectivity index (χ0) is 19.0. The summed E-state index contributed by atoms with van der Waals surface area (Å²) in [4.78, 5) is 2.17. The largest absolute Gasteiger partial charge is 0.435 e. The van der Waals surface area contributed by atoms with Gasteiger partial charge in [-0.25, -0.2) is 9.48 Å². The van der Waals surface area contributed by atoms with Gasteiger partial charge < -0.3 is 9.84 Å². The van der Waals surface area contributed by atoms with E-state index in [9.17, 15) is 13.9 Å². The minimum Gasteiger partial charge on any atom is -0.435 e. The lowest BCUT2D eigenvalue weighted by atomic mass is 10.0. The third-order valence-electron chi connectivity index (χ3n) is 5.37. The molecule has 2 aliphatic heterocycles. The summed E-state index contributed by atoms with van der Waals surface area (Å²) in [6, 6.07) is 14.6. The van der Waals surface area contributed by atoms with Crippen molar-refractivity contribution in [1.29, 1.82) is 0 Å². The number of aryl methyl sites for hydroxylation is 1. The van der Waals surface area contributed by atoms with Gasteiger partial charge >= 0.3 is 6.61 Å². The number of nitrogens with zero attached hydrogens (tertiary/aromatic N) is 2. The molecule has 0 aliphatic carbocycles. The third kappa shape index (κ3) is 3.30. The summed E-state index contributed by atoms with van der Waals surface area (Å²) in [5.74, 6) is 1.20. The minimum atomic E-state index is -2.86. The van der Waals surface area contributed by atoms with E-state index in [-0.39, 0.29) is 5.75 Å². The van der Waals surface area contributed by atoms with Crippen LogP contribution >= 0.6 is 0 Å². The molecule has 0 amide bonds. The van der Waals surface area contributed by atoms with Crippen LogP contribution in [0.15, 0.2) is 48.5 Å². The Labute approximate surface area is 157 Å². The van der Waals surface area contributed by atoms with Gasteiger partial charge in [-0.15, -0.1) is 0 Å². The molecule has 2 aliphatic rings.